The van der Waals surface area contributed by atoms with E-state index in [1.165, 1.54) is 12.0 Å². The van der Waals surface area contributed by atoms with Crippen LogP contribution in [0.15, 0.2) is 18.3 Å². The standard InChI is InChI=1S/C14H20N2O/c1-14(2,3)10-4-5-13(15-7-10)16-8-12-6-11(16)9-17-12/h4-5,7,11-12H,6,8-9H2,1-3H3/t11-,12-/m1/s1. The van der Waals surface area contributed by atoms with Crippen molar-refractivity contribution in [1.29, 1.82) is 0 Å². The van der Waals surface area contributed by atoms with Gasteiger partial charge >= 0.3 is 0 Å². The second-order valence-electron chi connectivity index (χ2n) is 6.15. The average Bonchev–Trinajstić information content (AvgIpc) is 2.89. The van der Waals surface area contributed by atoms with Crippen molar-refractivity contribution in [3.63, 3.8) is 0 Å². The highest BCUT2D eigenvalue weighted by Gasteiger charge is 2.39. The van der Waals surface area contributed by atoms with Gasteiger partial charge in [0.15, 0.2) is 0 Å². The van der Waals surface area contributed by atoms with Crippen LogP contribution in [-0.2, 0) is 10.2 Å². The van der Waals surface area contributed by atoms with E-state index in [0.717, 1.165) is 19.0 Å². The topological polar surface area (TPSA) is 25.4 Å². The lowest BCUT2D eigenvalue weighted by molar-refractivity contribution is 0.0989. The summed E-state index contributed by atoms with van der Waals surface area (Å²) in [6.45, 7) is 8.53. The molecule has 0 N–H and O–H groups in total. The molecular weight excluding hydrogens is 212 g/mol. The Morgan fingerprint density at radius 1 is 1.35 bits per heavy atom. The van der Waals surface area contributed by atoms with E-state index in [0.29, 0.717) is 12.1 Å². The van der Waals surface area contributed by atoms with E-state index in [-0.39, 0.29) is 5.41 Å². The van der Waals surface area contributed by atoms with Crippen LogP contribution in [0, 0.1) is 0 Å². The maximum absolute atomic E-state index is 5.61. The Morgan fingerprint density at radius 2 is 2.18 bits per heavy atom. The fourth-order valence-electron chi connectivity index (χ4n) is 2.68. The number of fused-ring (bicyclic) bond motifs is 2. The SMILES string of the molecule is CC(C)(C)c1ccc(N2C[C@H]3C[C@@H]2CO3)nc1. The number of rotatable bonds is 1. The Hall–Kier alpha value is -1.09. The molecule has 2 saturated heterocycles. The first-order chi connectivity index (χ1) is 8.04. The molecule has 0 spiro atoms. The zero-order chi connectivity index (χ0) is 12.0. The molecule has 2 bridgehead atoms. The van der Waals surface area contributed by atoms with Gasteiger partial charge in [0, 0.05) is 12.7 Å². The highest BCUT2D eigenvalue weighted by molar-refractivity contribution is 5.44. The summed E-state index contributed by atoms with van der Waals surface area (Å²) < 4.78 is 5.61. The average molecular weight is 232 g/mol. The molecule has 0 radical (unpaired) electrons. The van der Waals surface area contributed by atoms with Crippen LogP contribution in [0.3, 0.4) is 0 Å². The molecule has 2 fully saturated rings. The van der Waals surface area contributed by atoms with E-state index in [4.69, 9.17) is 4.74 Å². The van der Waals surface area contributed by atoms with Crippen molar-refractivity contribution in [3.8, 4) is 0 Å². The Bertz CT molecular complexity index is 407. The van der Waals surface area contributed by atoms with Gasteiger partial charge in [-0.25, -0.2) is 4.98 Å². The van der Waals surface area contributed by atoms with E-state index < -0.39 is 0 Å². The van der Waals surface area contributed by atoms with Crippen LogP contribution in [0.5, 0.6) is 0 Å². The second kappa shape index (κ2) is 3.70. The van der Waals surface area contributed by atoms with E-state index in [1.54, 1.807) is 0 Å². The first kappa shape index (κ1) is 11.0. The molecule has 0 unspecified atom stereocenters. The molecular formula is C14H20N2O. The molecule has 1 aromatic heterocycles. The monoisotopic (exact) mass is 232 g/mol. The van der Waals surface area contributed by atoms with E-state index >= 15 is 0 Å². The lowest BCUT2D eigenvalue weighted by Crippen LogP contribution is -2.37. The van der Waals surface area contributed by atoms with Gasteiger partial charge in [-0.2, -0.15) is 0 Å². The molecule has 2 atom stereocenters. The van der Waals surface area contributed by atoms with E-state index in [2.05, 4.69) is 42.8 Å². The van der Waals surface area contributed by atoms with Gasteiger partial charge in [0.05, 0.1) is 18.8 Å². The minimum atomic E-state index is 0.179. The van der Waals surface area contributed by atoms with Gasteiger partial charge < -0.3 is 9.64 Å². The van der Waals surface area contributed by atoms with Crippen molar-refractivity contribution in [3.05, 3.63) is 23.9 Å². The summed E-state index contributed by atoms with van der Waals surface area (Å²) in [5, 5.41) is 0. The molecule has 2 aliphatic heterocycles. The van der Waals surface area contributed by atoms with Gasteiger partial charge in [-0.05, 0) is 23.5 Å². The number of hydrogen-bond acceptors (Lipinski definition) is 3. The van der Waals surface area contributed by atoms with Crippen molar-refractivity contribution < 1.29 is 4.74 Å². The zero-order valence-corrected chi connectivity index (χ0v) is 10.8. The molecule has 3 nitrogen and oxygen atoms in total. The van der Waals surface area contributed by atoms with Crippen LogP contribution in [0.4, 0.5) is 5.82 Å². The summed E-state index contributed by atoms with van der Waals surface area (Å²) in [5.41, 5.74) is 1.47. The van der Waals surface area contributed by atoms with Crippen molar-refractivity contribution in [2.24, 2.45) is 0 Å². The maximum Gasteiger partial charge on any atom is 0.128 e. The molecule has 2 aliphatic rings. The number of nitrogens with zero attached hydrogens (tertiary/aromatic N) is 2. The quantitative estimate of drug-likeness (QED) is 0.743. The van der Waals surface area contributed by atoms with Crippen LogP contribution in [0.2, 0.25) is 0 Å². The van der Waals surface area contributed by atoms with Crippen molar-refractivity contribution in [2.75, 3.05) is 18.1 Å². The Kier molecular flexibility index (Phi) is 2.40. The van der Waals surface area contributed by atoms with Gasteiger partial charge in [-0.15, -0.1) is 0 Å². The van der Waals surface area contributed by atoms with Gasteiger partial charge in [-0.3, -0.25) is 0 Å². The predicted molar refractivity (Wildman–Crippen MR) is 68.4 cm³/mol. The molecule has 17 heavy (non-hydrogen) atoms. The van der Waals surface area contributed by atoms with Crippen LogP contribution < -0.4 is 4.90 Å². The number of pyridine rings is 1. The molecule has 3 heterocycles. The number of morpholine rings is 1. The molecule has 0 saturated carbocycles. The molecule has 3 rings (SSSR count). The van der Waals surface area contributed by atoms with Crippen molar-refractivity contribution >= 4 is 5.82 Å². The predicted octanol–water partition coefficient (Wildman–Crippen LogP) is 2.36. The third kappa shape index (κ3) is 1.93. The molecule has 0 aliphatic carbocycles. The van der Waals surface area contributed by atoms with Crippen LogP contribution in [0.1, 0.15) is 32.8 Å². The van der Waals surface area contributed by atoms with Gasteiger partial charge in [-0.1, -0.05) is 26.8 Å². The summed E-state index contributed by atoms with van der Waals surface area (Å²) in [6.07, 6.45) is 3.62. The number of aromatic nitrogens is 1. The Morgan fingerprint density at radius 3 is 2.65 bits per heavy atom. The molecule has 0 amide bonds. The minimum absolute atomic E-state index is 0.179. The third-order valence-electron chi connectivity index (χ3n) is 3.81. The molecule has 92 valence electrons. The molecule has 0 aromatic carbocycles. The first-order valence-corrected chi connectivity index (χ1v) is 6.39. The van der Waals surface area contributed by atoms with Crippen molar-refractivity contribution in [1.82, 2.24) is 4.98 Å². The minimum Gasteiger partial charge on any atom is -0.374 e. The van der Waals surface area contributed by atoms with Crippen LogP contribution in [0.25, 0.3) is 0 Å². The zero-order valence-electron chi connectivity index (χ0n) is 10.8. The van der Waals surface area contributed by atoms with Crippen molar-refractivity contribution in [2.45, 2.75) is 44.8 Å². The first-order valence-electron chi connectivity index (χ1n) is 6.39. The summed E-state index contributed by atoms with van der Waals surface area (Å²) in [7, 11) is 0. The number of anilines is 1. The summed E-state index contributed by atoms with van der Waals surface area (Å²) >= 11 is 0. The second-order valence-corrected chi connectivity index (χ2v) is 6.15. The highest BCUT2D eigenvalue weighted by atomic mass is 16.5. The third-order valence-corrected chi connectivity index (χ3v) is 3.81. The normalized spacial score (nSPS) is 27.8. The maximum atomic E-state index is 5.61. The number of hydrogen-bond donors (Lipinski definition) is 0. The summed E-state index contributed by atoms with van der Waals surface area (Å²) in [5.74, 6) is 1.11. The van der Waals surface area contributed by atoms with Gasteiger partial charge in [0.2, 0.25) is 0 Å². The lowest BCUT2D eigenvalue weighted by Gasteiger charge is -2.28. The Labute approximate surface area is 103 Å². The van der Waals surface area contributed by atoms with Crippen LogP contribution >= 0.6 is 0 Å². The number of ether oxygens (including phenoxy) is 1. The smallest absolute Gasteiger partial charge is 0.128 e. The Balaban J connectivity index is 1.81. The molecule has 1 aromatic rings. The van der Waals surface area contributed by atoms with E-state index in [1.807, 2.05) is 6.20 Å². The fourth-order valence-corrected chi connectivity index (χ4v) is 2.68. The van der Waals surface area contributed by atoms with Crippen LogP contribution in [-0.4, -0.2) is 30.3 Å². The highest BCUT2D eigenvalue weighted by Crippen LogP contribution is 2.32. The largest absolute Gasteiger partial charge is 0.374 e. The lowest BCUT2D eigenvalue weighted by atomic mass is 9.88. The fraction of sp³-hybridized carbons (Fsp3) is 0.643. The molecule has 3 heteroatoms. The van der Waals surface area contributed by atoms with Gasteiger partial charge in [0.25, 0.3) is 0 Å². The van der Waals surface area contributed by atoms with E-state index in [9.17, 15) is 0 Å². The summed E-state index contributed by atoms with van der Waals surface area (Å²) in [4.78, 5) is 7.01. The van der Waals surface area contributed by atoms with Gasteiger partial charge in [0.1, 0.15) is 5.82 Å². The summed E-state index contributed by atoms with van der Waals surface area (Å²) in [6, 6.07) is 4.91.